The quantitative estimate of drug-likeness (QED) is 0.677. The molecule has 2 aromatic rings. The third-order valence-corrected chi connectivity index (χ3v) is 7.12. The van der Waals surface area contributed by atoms with Crippen LogP contribution >= 0.6 is 35.0 Å². The maximum absolute atomic E-state index is 6.22. The van der Waals surface area contributed by atoms with Gasteiger partial charge in [-0.3, -0.25) is 0 Å². The summed E-state index contributed by atoms with van der Waals surface area (Å²) in [5.74, 6) is 0.929. The summed E-state index contributed by atoms with van der Waals surface area (Å²) in [5.41, 5.74) is 1.00. The topological polar surface area (TPSA) is 51.1 Å². The smallest absolute Gasteiger partial charge is 0.148 e. The summed E-state index contributed by atoms with van der Waals surface area (Å²) in [6.07, 6.45) is 8.00. The minimum Gasteiger partial charge on any atom is -0.375 e. The molecule has 5 nitrogen and oxygen atoms in total. The number of ether oxygens (including phenoxy) is 1. The summed E-state index contributed by atoms with van der Waals surface area (Å²) < 4.78 is 6.00. The Labute approximate surface area is 167 Å². The lowest BCUT2D eigenvalue weighted by molar-refractivity contribution is -0.0147. The molecule has 2 saturated heterocycles. The molecule has 0 aromatic carbocycles. The SMILES string of the molecule is Cc1nc(N2CCC3(CCCO3)CC2)cnc1Sc1ccnc(Cl)c1Cl. The molecule has 26 heavy (non-hydrogen) atoms. The van der Waals surface area contributed by atoms with Crippen molar-refractivity contribution in [3.63, 3.8) is 0 Å². The fraction of sp³-hybridized carbons (Fsp3) is 0.500. The first kappa shape index (κ1) is 18.3. The molecule has 2 aliphatic rings. The van der Waals surface area contributed by atoms with Gasteiger partial charge >= 0.3 is 0 Å². The van der Waals surface area contributed by atoms with E-state index in [1.165, 1.54) is 24.6 Å². The molecule has 0 saturated carbocycles. The van der Waals surface area contributed by atoms with Gasteiger partial charge in [0, 0.05) is 30.8 Å². The van der Waals surface area contributed by atoms with Crippen LogP contribution in [-0.4, -0.2) is 40.2 Å². The Morgan fingerprint density at radius 1 is 1.19 bits per heavy atom. The summed E-state index contributed by atoms with van der Waals surface area (Å²) in [6.45, 7) is 4.81. The summed E-state index contributed by atoms with van der Waals surface area (Å²) in [7, 11) is 0. The number of rotatable bonds is 3. The van der Waals surface area contributed by atoms with Gasteiger partial charge in [0.25, 0.3) is 0 Å². The van der Waals surface area contributed by atoms with Crippen LogP contribution in [0.25, 0.3) is 0 Å². The van der Waals surface area contributed by atoms with Gasteiger partial charge in [0.2, 0.25) is 0 Å². The molecule has 4 rings (SSSR count). The van der Waals surface area contributed by atoms with Crippen molar-refractivity contribution < 1.29 is 4.74 Å². The zero-order chi connectivity index (χ0) is 18.1. The van der Waals surface area contributed by atoms with E-state index in [-0.39, 0.29) is 5.60 Å². The Morgan fingerprint density at radius 3 is 2.69 bits per heavy atom. The van der Waals surface area contributed by atoms with Gasteiger partial charge < -0.3 is 9.64 Å². The molecule has 1 spiro atoms. The van der Waals surface area contributed by atoms with Crippen LogP contribution in [0.1, 0.15) is 31.4 Å². The minimum absolute atomic E-state index is 0.117. The zero-order valence-electron chi connectivity index (χ0n) is 14.5. The molecule has 8 heteroatoms. The average Bonchev–Trinajstić information content (AvgIpc) is 3.09. The highest BCUT2D eigenvalue weighted by Crippen LogP contribution is 2.38. The summed E-state index contributed by atoms with van der Waals surface area (Å²) in [5, 5.41) is 1.57. The van der Waals surface area contributed by atoms with Crippen LogP contribution in [-0.2, 0) is 4.74 Å². The molecule has 0 bridgehead atoms. The molecule has 0 aliphatic carbocycles. The maximum atomic E-state index is 6.22. The first-order chi connectivity index (χ1) is 12.6. The van der Waals surface area contributed by atoms with Crippen LogP contribution in [0.15, 0.2) is 28.4 Å². The van der Waals surface area contributed by atoms with Crippen molar-refractivity contribution in [1.82, 2.24) is 15.0 Å². The fourth-order valence-electron chi connectivity index (χ4n) is 3.59. The summed E-state index contributed by atoms with van der Waals surface area (Å²) in [4.78, 5) is 16.5. The van der Waals surface area contributed by atoms with Gasteiger partial charge in [0.1, 0.15) is 16.0 Å². The van der Waals surface area contributed by atoms with Crippen molar-refractivity contribution in [2.75, 3.05) is 24.6 Å². The number of anilines is 1. The fourth-order valence-corrected chi connectivity index (χ4v) is 4.85. The second-order valence-electron chi connectivity index (χ2n) is 6.76. The third-order valence-electron chi connectivity index (χ3n) is 5.09. The average molecular weight is 411 g/mol. The lowest BCUT2D eigenvalue weighted by Gasteiger charge is -2.39. The predicted octanol–water partition coefficient (Wildman–Crippen LogP) is 4.79. The first-order valence-electron chi connectivity index (χ1n) is 8.77. The van der Waals surface area contributed by atoms with E-state index >= 15 is 0 Å². The molecule has 2 aliphatic heterocycles. The van der Waals surface area contributed by atoms with E-state index in [0.29, 0.717) is 10.2 Å². The number of halogens is 2. The Kier molecular flexibility index (Phi) is 5.28. The Balaban J connectivity index is 1.47. The Hall–Kier alpha value is -1.08. The van der Waals surface area contributed by atoms with E-state index in [1.807, 2.05) is 19.2 Å². The zero-order valence-corrected chi connectivity index (χ0v) is 16.9. The van der Waals surface area contributed by atoms with E-state index in [2.05, 4.69) is 14.9 Å². The van der Waals surface area contributed by atoms with Gasteiger partial charge in [-0.15, -0.1) is 0 Å². The highest BCUT2D eigenvalue weighted by Gasteiger charge is 2.38. The van der Waals surface area contributed by atoms with Crippen molar-refractivity contribution in [1.29, 1.82) is 0 Å². The van der Waals surface area contributed by atoms with Crippen molar-refractivity contribution in [3.8, 4) is 0 Å². The van der Waals surface area contributed by atoms with E-state index in [4.69, 9.17) is 32.9 Å². The van der Waals surface area contributed by atoms with Crippen molar-refractivity contribution in [2.45, 2.75) is 48.1 Å². The highest BCUT2D eigenvalue weighted by atomic mass is 35.5. The molecule has 0 amide bonds. The van der Waals surface area contributed by atoms with Crippen LogP contribution < -0.4 is 4.90 Å². The number of hydrogen-bond acceptors (Lipinski definition) is 6. The van der Waals surface area contributed by atoms with Gasteiger partial charge in [0.05, 0.1) is 22.5 Å². The number of aromatic nitrogens is 3. The lowest BCUT2D eigenvalue weighted by atomic mass is 9.89. The van der Waals surface area contributed by atoms with Gasteiger partial charge in [0.15, 0.2) is 0 Å². The molecule has 0 radical (unpaired) electrons. The largest absolute Gasteiger partial charge is 0.375 e. The predicted molar refractivity (Wildman–Crippen MR) is 105 cm³/mol. The van der Waals surface area contributed by atoms with Crippen LogP contribution in [0.3, 0.4) is 0 Å². The highest BCUT2D eigenvalue weighted by molar-refractivity contribution is 7.99. The van der Waals surface area contributed by atoms with Crippen LogP contribution in [0.2, 0.25) is 10.2 Å². The summed E-state index contributed by atoms with van der Waals surface area (Å²) >= 11 is 13.7. The molecular formula is C18H20Cl2N4OS. The molecule has 0 unspecified atom stereocenters. The molecule has 2 aromatic heterocycles. The molecule has 4 heterocycles. The number of aryl methyl sites for hydroxylation is 1. The van der Waals surface area contributed by atoms with E-state index in [9.17, 15) is 0 Å². The monoisotopic (exact) mass is 410 g/mol. The lowest BCUT2D eigenvalue weighted by Crippen LogP contribution is -2.44. The van der Waals surface area contributed by atoms with Gasteiger partial charge in [-0.1, -0.05) is 35.0 Å². The molecular weight excluding hydrogens is 391 g/mol. The molecule has 2 fully saturated rings. The van der Waals surface area contributed by atoms with Crippen molar-refractivity contribution >= 4 is 40.8 Å². The Morgan fingerprint density at radius 2 is 2.00 bits per heavy atom. The second kappa shape index (κ2) is 7.50. The Bertz CT molecular complexity index is 804. The standard InChI is InChI=1S/C18H20Cl2N4OS/c1-12-17(26-13-3-7-21-16(20)15(13)19)22-11-14(23-12)24-8-5-18(6-9-24)4-2-10-25-18/h3,7,11H,2,4-6,8-10H2,1H3. The number of hydrogen-bond donors (Lipinski definition) is 0. The summed E-state index contributed by atoms with van der Waals surface area (Å²) in [6, 6.07) is 1.83. The van der Waals surface area contributed by atoms with Gasteiger partial charge in [-0.25, -0.2) is 15.0 Å². The second-order valence-corrected chi connectivity index (χ2v) is 8.52. The van der Waals surface area contributed by atoms with Crippen LogP contribution in [0.4, 0.5) is 5.82 Å². The number of piperidine rings is 1. The van der Waals surface area contributed by atoms with E-state index < -0.39 is 0 Å². The van der Waals surface area contributed by atoms with Crippen molar-refractivity contribution in [3.05, 3.63) is 34.3 Å². The molecule has 0 atom stereocenters. The minimum atomic E-state index is 0.117. The molecule has 138 valence electrons. The van der Waals surface area contributed by atoms with Gasteiger partial charge in [-0.2, -0.15) is 0 Å². The number of nitrogens with zero attached hydrogens (tertiary/aromatic N) is 4. The van der Waals surface area contributed by atoms with Crippen molar-refractivity contribution in [2.24, 2.45) is 0 Å². The van der Waals surface area contributed by atoms with Crippen LogP contribution in [0, 0.1) is 6.92 Å². The normalized spacial score (nSPS) is 19.3. The van der Waals surface area contributed by atoms with E-state index in [0.717, 1.165) is 54.0 Å². The van der Waals surface area contributed by atoms with Gasteiger partial charge in [-0.05, 0) is 38.7 Å². The maximum Gasteiger partial charge on any atom is 0.148 e. The third kappa shape index (κ3) is 3.65. The number of pyridine rings is 1. The van der Waals surface area contributed by atoms with E-state index in [1.54, 1.807) is 6.20 Å². The van der Waals surface area contributed by atoms with Crippen LogP contribution in [0.5, 0.6) is 0 Å². The molecule has 0 N–H and O–H groups in total. The first-order valence-corrected chi connectivity index (χ1v) is 10.3.